The van der Waals surface area contributed by atoms with Crippen LogP contribution in [0.2, 0.25) is 0 Å². The Hall–Kier alpha value is -3.30. The number of ether oxygens (including phenoxy) is 1. The summed E-state index contributed by atoms with van der Waals surface area (Å²) in [4.78, 5) is 17.5. The first kappa shape index (κ1) is 34.9. The summed E-state index contributed by atoms with van der Waals surface area (Å²) in [5, 5.41) is 9.63. The Bertz CT molecular complexity index is 1500. The molecule has 1 fully saturated rings. The molecule has 0 spiro atoms. The van der Waals surface area contributed by atoms with Gasteiger partial charge in [0, 0.05) is 39.8 Å². The highest BCUT2D eigenvalue weighted by Crippen LogP contribution is 2.35. The molecular formula is C30H36Cl2N4O5S. The summed E-state index contributed by atoms with van der Waals surface area (Å²) < 4.78 is 34.4. The van der Waals surface area contributed by atoms with Crippen molar-refractivity contribution >= 4 is 46.4 Å². The number of amides is 1. The van der Waals surface area contributed by atoms with Gasteiger partial charge in [0.25, 0.3) is 15.9 Å². The molecular weight excluding hydrogens is 599 g/mol. The van der Waals surface area contributed by atoms with Gasteiger partial charge in [0.2, 0.25) is 0 Å². The Morgan fingerprint density at radius 3 is 2.24 bits per heavy atom. The van der Waals surface area contributed by atoms with Crippen LogP contribution < -0.4 is 14.5 Å². The van der Waals surface area contributed by atoms with Crippen LogP contribution in [0.1, 0.15) is 22.8 Å². The lowest BCUT2D eigenvalue weighted by Crippen LogP contribution is -2.44. The number of benzene rings is 3. The molecule has 9 nitrogen and oxygen atoms in total. The predicted molar refractivity (Wildman–Crippen MR) is 169 cm³/mol. The summed E-state index contributed by atoms with van der Waals surface area (Å²) in [6.45, 7) is 5.70. The third kappa shape index (κ3) is 8.16. The van der Waals surface area contributed by atoms with Crippen molar-refractivity contribution in [2.24, 2.45) is 0 Å². The Morgan fingerprint density at radius 2 is 1.64 bits per heavy atom. The van der Waals surface area contributed by atoms with Gasteiger partial charge in [-0.05, 0) is 67.1 Å². The zero-order chi connectivity index (χ0) is 28.7. The summed E-state index contributed by atoms with van der Waals surface area (Å²) in [6, 6.07) is 19.1. The predicted octanol–water partition coefficient (Wildman–Crippen LogP) is 4.29. The van der Waals surface area contributed by atoms with Crippen molar-refractivity contribution in [1.29, 1.82) is 0 Å². The van der Waals surface area contributed by atoms with E-state index in [-0.39, 0.29) is 47.6 Å². The number of rotatable bonds is 9. The van der Waals surface area contributed by atoms with Gasteiger partial charge in [0.05, 0.1) is 16.1 Å². The summed E-state index contributed by atoms with van der Waals surface area (Å²) >= 11 is 0. The van der Waals surface area contributed by atoms with E-state index in [9.17, 15) is 18.4 Å². The van der Waals surface area contributed by atoms with Gasteiger partial charge >= 0.3 is 0 Å². The van der Waals surface area contributed by atoms with Gasteiger partial charge in [-0.25, -0.2) is 13.9 Å². The van der Waals surface area contributed by atoms with Crippen LogP contribution in [-0.4, -0.2) is 76.2 Å². The molecule has 0 unspecified atom stereocenters. The van der Waals surface area contributed by atoms with Gasteiger partial charge in [-0.1, -0.05) is 36.3 Å². The number of carbonyl (C=O) groups excluding carboxylic acids is 1. The number of hydroxylamine groups is 1. The number of nitrogens with one attached hydrogen (secondary N) is 1. The lowest BCUT2D eigenvalue weighted by Gasteiger charge is -2.34. The molecule has 226 valence electrons. The highest BCUT2D eigenvalue weighted by atomic mass is 35.5. The molecule has 1 heterocycles. The average Bonchev–Trinajstić information content (AvgIpc) is 2.98. The van der Waals surface area contributed by atoms with Crippen molar-refractivity contribution in [2.75, 3.05) is 51.2 Å². The number of likely N-dealkylation sites (N-methyl/N-ethyl adjacent to an activating group) is 1. The second-order valence-electron chi connectivity index (χ2n) is 9.58. The molecule has 42 heavy (non-hydrogen) atoms. The third-order valence-electron chi connectivity index (χ3n) is 6.92. The van der Waals surface area contributed by atoms with E-state index in [1.165, 1.54) is 19.2 Å². The van der Waals surface area contributed by atoms with E-state index in [0.717, 1.165) is 41.6 Å². The quantitative estimate of drug-likeness (QED) is 0.206. The Labute approximate surface area is 260 Å². The topological polar surface area (TPSA) is 102 Å². The lowest BCUT2D eigenvalue weighted by molar-refractivity contribution is 0.0707. The number of piperazine rings is 1. The zero-order valence-electron chi connectivity index (χ0n) is 23.7. The van der Waals surface area contributed by atoms with E-state index in [4.69, 9.17) is 4.74 Å². The van der Waals surface area contributed by atoms with Gasteiger partial charge in [-0.2, -0.15) is 0 Å². The van der Waals surface area contributed by atoms with Crippen LogP contribution in [0.15, 0.2) is 71.6 Å². The molecule has 1 saturated heterocycles. The highest BCUT2D eigenvalue weighted by Gasteiger charge is 2.30. The van der Waals surface area contributed by atoms with Crippen molar-refractivity contribution in [1.82, 2.24) is 15.3 Å². The number of nitrogens with zero attached hydrogens (tertiary/aromatic N) is 3. The van der Waals surface area contributed by atoms with Crippen LogP contribution in [0, 0.1) is 11.8 Å². The first-order valence-electron chi connectivity index (χ1n) is 12.9. The minimum atomic E-state index is -4.09. The third-order valence-corrected chi connectivity index (χ3v) is 8.69. The van der Waals surface area contributed by atoms with E-state index in [1.807, 2.05) is 36.4 Å². The fraction of sp³-hybridized carbons (Fsp3) is 0.300. The number of halogens is 2. The molecule has 0 atom stereocenters. The van der Waals surface area contributed by atoms with Crippen molar-refractivity contribution < 1.29 is 23.2 Å². The minimum Gasteiger partial charge on any atom is -0.481 e. The second-order valence-corrected chi connectivity index (χ2v) is 11.5. The number of hydrogen-bond acceptors (Lipinski definition) is 7. The first-order valence-corrected chi connectivity index (χ1v) is 14.4. The van der Waals surface area contributed by atoms with Crippen molar-refractivity contribution in [2.45, 2.75) is 18.4 Å². The van der Waals surface area contributed by atoms with E-state index >= 15 is 0 Å². The first-order chi connectivity index (χ1) is 19.2. The number of sulfonamides is 1. The average molecular weight is 636 g/mol. The van der Waals surface area contributed by atoms with Crippen molar-refractivity contribution in [3.8, 4) is 28.7 Å². The van der Waals surface area contributed by atoms with Crippen LogP contribution in [0.5, 0.6) is 5.75 Å². The smallest absolute Gasteiger partial charge is 0.276 e. The maximum Gasteiger partial charge on any atom is 0.276 e. The molecule has 0 radical (unpaired) electrons. The standard InChI is InChI=1S/C30H34N4O5S.2ClH/c1-4-5-19-39-26-11-13-27(14-12-26)40(37,38)33(3)29-25(22-34-17-15-32(2)16-18-34)20-24(21-28(29)30(35)31-36)23-9-7-6-8-10-23;;/h6-14,20-21,36H,15-19,22H2,1-3H3,(H,31,35);2*1H. The van der Waals surface area contributed by atoms with E-state index in [2.05, 4.69) is 28.7 Å². The van der Waals surface area contributed by atoms with E-state index < -0.39 is 15.9 Å². The molecule has 1 aliphatic rings. The molecule has 0 aliphatic carbocycles. The molecule has 1 amide bonds. The molecule has 0 aromatic heterocycles. The van der Waals surface area contributed by atoms with Gasteiger partial charge in [-0.15, -0.1) is 30.7 Å². The molecule has 12 heteroatoms. The van der Waals surface area contributed by atoms with Crippen LogP contribution in [0.25, 0.3) is 11.1 Å². The number of carbonyl (C=O) groups is 1. The lowest BCUT2D eigenvalue weighted by atomic mass is 9.96. The molecule has 1 aliphatic heterocycles. The normalized spacial score (nSPS) is 13.5. The second kappa shape index (κ2) is 15.8. The van der Waals surface area contributed by atoms with Crippen LogP contribution >= 0.6 is 24.8 Å². The summed E-state index contributed by atoms with van der Waals surface area (Å²) in [7, 11) is -0.594. The summed E-state index contributed by atoms with van der Waals surface area (Å²) in [6.07, 6.45) is 0. The molecule has 3 aromatic rings. The fourth-order valence-corrected chi connectivity index (χ4v) is 5.89. The summed E-state index contributed by atoms with van der Waals surface area (Å²) in [5.74, 6) is 5.24. The molecule has 0 bridgehead atoms. The van der Waals surface area contributed by atoms with Crippen LogP contribution in [0.3, 0.4) is 0 Å². The molecule has 3 aromatic carbocycles. The fourth-order valence-electron chi connectivity index (χ4n) is 4.64. The Kier molecular flexibility index (Phi) is 13.1. The van der Waals surface area contributed by atoms with E-state index in [1.54, 1.807) is 30.6 Å². The maximum atomic E-state index is 13.9. The van der Waals surface area contributed by atoms with Crippen molar-refractivity contribution in [3.05, 3.63) is 77.9 Å². The van der Waals surface area contributed by atoms with Gasteiger partial charge in [-0.3, -0.25) is 19.2 Å². The number of anilines is 1. The zero-order valence-corrected chi connectivity index (χ0v) is 26.2. The van der Waals surface area contributed by atoms with Crippen molar-refractivity contribution in [3.63, 3.8) is 0 Å². The summed E-state index contributed by atoms with van der Waals surface area (Å²) in [5.41, 5.74) is 4.25. The maximum absolute atomic E-state index is 13.9. The monoisotopic (exact) mass is 634 g/mol. The van der Waals surface area contributed by atoms with Gasteiger partial charge in [0.15, 0.2) is 0 Å². The largest absolute Gasteiger partial charge is 0.481 e. The molecule has 0 saturated carbocycles. The molecule has 4 rings (SSSR count). The minimum absolute atomic E-state index is 0. The Balaban J connectivity index is 0.00000308. The van der Waals surface area contributed by atoms with E-state index in [0.29, 0.717) is 17.9 Å². The highest BCUT2D eigenvalue weighted by molar-refractivity contribution is 7.92. The SMILES string of the molecule is CC#CCOc1ccc(S(=O)(=O)N(C)c2c(CN3CCN(C)CC3)cc(-c3ccccc3)cc2C(=O)NO)cc1.Cl.Cl. The van der Waals surface area contributed by atoms with Gasteiger partial charge in [0.1, 0.15) is 12.4 Å². The van der Waals surface area contributed by atoms with Crippen LogP contribution in [0.4, 0.5) is 5.69 Å². The molecule has 2 N–H and O–H groups in total. The number of hydrogen-bond donors (Lipinski definition) is 2. The Morgan fingerprint density at radius 1 is 1.00 bits per heavy atom. The van der Waals surface area contributed by atoms with Crippen LogP contribution in [-0.2, 0) is 16.6 Å². The van der Waals surface area contributed by atoms with Gasteiger partial charge < -0.3 is 9.64 Å².